The Morgan fingerprint density at radius 2 is 1.97 bits per heavy atom. The first-order valence-electron chi connectivity index (χ1n) is 10.8. The van der Waals surface area contributed by atoms with Crippen LogP contribution in [0.1, 0.15) is 42.3 Å². The fraction of sp³-hybridized carbons (Fsp3) is 0.455. The van der Waals surface area contributed by atoms with Crippen LogP contribution in [-0.2, 0) is 14.8 Å². The van der Waals surface area contributed by atoms with E-state index < -0.39 is 28.6 Å². The molecule has 0 unspecified atom stereocenters. The Bertz CT molecular complexity index is 1140. The van der Waals surface area contributed by atoms with Crippen molar-refractivity contribution in [2.75, 3.05) is 25.4 Å². The molecule has 0 saturated carbocycles. The number of benzene rings is 1. The summed E-state index contributed by atoms with van der Waals surface area (Å²) in [5, 5.41) is 18.4. The summed E-state index contributed by atoms with van der Waals surface area (Å²) in [4.78, 5) is 23.2. The Morgan fingerprint density at radius 3 is 2.59 bits per heavy atom. The number of hydrogen-bond acceptors (Lipinski definition) is 6. The van der Waals surface area contributed by atoms with Gasteiger partial charge >= 0.3 is 219 Å². The standard InChI is InChI=1S/C22H26AsBrNO7S2/c1-2-3-11-34(30,31)25-9-7-15(8-10-25)23-16-6-4-5-14(12-16)20-18(24)19(32-13-17(26)27)21(33-20)22(28)29/h4-6,12,15H,2-3,7-11,13H2,1H3,(H,26,27)(H,28,29). The Labute approximate surface area is 218 Å². The number of thiophene rings is 1. The van der Waals surface area contributed by atoms with Gasteiger partial charge in [0, 0.05) is 0 Å². The average Bonchev–Trinajstić information content (AvgIpc) is 3.13. The third-order valence-electron chi connectivity index (χ3n) is 5.36. The minimum atomic E-state index is -3.16. The maximum atomic E-state index is 12.4. The van der Waals surface area contributed by atoms with Crippen LogP contribution in [-0.4, -0.2) is 76.1 Å². The number of carboxylic acids is 2. The summed E-state index contributed by atoms with van der Waals surface area (Å²) in [6, 6.07) is 7.90. The molecular formula is C22H26AsBrNO7S2. The van der Waals surface area contributed by atoms with Gasteiger partial charge in [-0.1, -0.05) is 0 Å². The summed E-state index contributed by atoms with van der Waals surface area (Å²) >= 11 is 4.24. The molecule has 0 bridgehead atoms. The number of carbonyl (C=O) groups is 2. The van der Waals surface area contributed by atoms with Gasteiger partial charge in [-0.3, -0.25) is 0 Å². The summed E-state index contributed by atoms with van der Waals surface area (Å²) < 4.78 is 33.8. The van der Waals surface area contributed by atoms with E-state index in [9.17, 15) is 23.1 Å². The van der Waals surface area contributed by atoms with E-state index in [4.69, 9.17) is 9.84 Å². The molecule has 3 rings (SSSR count). The van der Waals surface area contributed by atoms with Crippen LogP contribution in [0.25, 0.3) is 10.4 Å². The number of ether oxygens (including phenoxy) is 1. The normalized spacial score (nSPS) is 15.7. The van der Waals surface area contributed by atoms with E-state index in [1.165, 1.54) is 4.35 Å². The van der Waals surface area contributed by atoms with Gasteiger partial charge in [0.1, 0.15) is 0 Å². The topological polar surface area (TPSA) is 121 Å². The van der Waals surface area contributed by atoms with Crippen molar-refractivity contribution in [2.45, 2.75) is 37.3 Å². The number of carboxylic acid groups (broad SMARTS) is 2. The molecular weight excluding hydrogens is 609 g/mol. The van der Waals surface area contributed by atoms with Crippen LogP contribution < -0.4 is 9.09 Å². The van der Waals surface area contributed by atoms with Crippen LogP contribution in [0.4, 0.5) is 0 Å². The zero-order valence-electron chi connectivity index (χ0n) is 18.6. The van der Waals surface area contributed by atoms with Crippen molar-refractivity contribution >= 4 is 69.3 Å². The number of nitrogens with zero attached hydrogens (tertiary/aromatic N) is 1. The Morgan fingerprint density at radius 1 is 1.26 bits per heavy atom. The van der Waals surface area contributed by atoms with Crippen LogP contribution in [0.3, 0.4) is 0 Å². The van der Waals surface area contributed by atoms with Crippen LogP contribution in [0.5, 0.6) is 5.75 Å². The summed E-state index contributed by atoms with van der Waals surface area (Å²) in [5.74, 6) is -2.13. The van der Waals surface area contributed by atoms with Crippen molar-refractivity contribution < 1.29 is 33.0 Å². The molecule has 0 amide bonds. The van der Waals surface area contributed by atoms with Gasteiger partial charge < -0.3 is 0 Å². The zero-order valence-corrected chi connectivity index (χ0v) is 23.7. The molecule has 1 radical (unpaired) electrons. The Balaban J connectivity index is 1.72. The maximum absolute atomic E-state index is 12.4. The Hall–Kier alpha value is -1.39. The number of aliphatic carboxylic acids is 1. The van der Waals surface area contributed by atoms with Crippen LogP contribution in [0.2, 0.25) is 4.71 Å². The number of aromatic carboxylic acids is 1. The van der Waals surface area contributed by atoms with E-state index in [1.807, 2.05) is 25.1 Å². The van der Waals surface area contributed by atoms with E-state index in [0.29, 0.717) is 33.6 Å². The SMILES string of the molecule is CCCCS(=O)(=O)N1CCC([As]c2cccc(-c3sc(C(=O)O)c(OCC(=O)O)c3Br)c2)CC1. The van der Waals surface area contributed by atoms with Crippen LogP contribution >= 0.6 is 27.3 Å². The first kappa shape index (κ1) is 27.2. The van der Waals surface area contributed by atoms with Gasteiger partial charge in [-0.25, -0.2) is 0 Å². The number of hydrogen-bond donors (Lipinski definition) is 2. The molecule has 1 fully saturated rings. The first-order chi connectivity index (χ1) is 16.1. The molecule has 1 aromatic heterocycles. The van der Waals surface area contributed by atoms with Gasteiger partial charge in [0.25, 0.3) is 0 Å². The van der Waals surface area contributed by atoms with E-state index in [1.54, 1.807) is 4.31 Å². The number of halogens is 1. The van der Waals surface area contributed by atoms with Gasteiger partial charge in [0.2, 0.25) is 0 Å². The molecule has 1 aromatic carbocycles. The van der Waals surface area contributed by atoms with Crippen molar-refractivity contribution in [3.05, 3.63) is 33.6 Å². The molecule has 2 heterocycles. The van der Waals surface area contributed by atoms with Crippen molar-refractivity contribution in [1.29, 1.82) is 0 Å². The molecule has 0 spiro atoms. The molecule has 34 heavy (non-hydrogen) atoms. The van der Waals surface area contributed by atoms with Crippen molar-refractivity contribution in [1.82, 2.24) is 4.31 Å². The van der Waals surface area contributed by atoms with E-state index in [0.717, 1.165) is 36.2 Å². The number of rotatable bonds is 11. The first-order valence-corrected chi connectivity index (χ1v) is 16.1. The average molecular weight is 635 g/mol. The molecule has 1 aliphatic rings. The van der Waals surface area contributed by atoms with E-state index >= 15 is 0 Å². The molecule has 185 valence electrons. The molecule has 0 atom stereocenters. The zero-order chi connectivity index (χ0) is 24.9. The van der Waals surface area contributed by atoms with Gasteiger partial charge in [-0.15, -0.1) is 0 Å². The molecule has 1 saturated heterocycles. The van der Waals surface area contributed by atoms with Crippen molar-refractivity contribution in [3.8, 4) is 16.2 Å². The second kappa shape index (κ2) is 12.0. The van der Waals surface area contributed by atoms with Gasteiger partial charge in [-0.05, 0) is 0 Å². The van der Waals surface area contributed by atoms with E-state index in [-0.39, 0.29) is 32.1 Å². The monoisotopic (exact) mass is 634 g/mol. The van der Waals surface area contributed by atoms with Gasteiger partial charge in [0.15, 0.2) is 0 Å². The molecule has 0 aliphatic carbocycles. The predicted octanol–water partition coefficient (Wildman–Crippen LogP) is 3.68. The fourth-order valence-corrected chi connectivity index (χ4v) is 9.92. The predicted molar refractivity (Wildman–Crippen MR) is 136 cm³/mol. The summed E-state index contributed by atoms with van der Waals surface area (Å²) in [5.41, 5.74) is 0.831. The number of sulfonamides is 1. The second-order valence-electron chi connectivity index (χ2n) is 7.87. The van der Waals surface area contributed by atoms with Crippen LogP contribution in [0, 0.1) is 0 Å². The molecule has 1 aliphatic heterocycles. The number of piperidine rings is 1. The summed E-state index contributed by atoms with van der Waals surface area (Å²) in [7, 11) is -3.16. The summed E-state index contributed by atoms with van der Waals surface area (Å²) in [6.45, 7) is 2.48. The van der Waals surface area contributed by atoms with Gasteiger partial charge in [0.05, 0.1) is 0 Å². The molecule has 8 nitrogen and oxygen atoms in total. The molecule has 12 heteroatoms. The number of unbranched alkanes of at least 4 members (excludes halogenated alkanes) is 1. The second-order valence-corrected chi connectivity index (χ2v) is 14.9. The summed E-state index contributed by atoms with van der Waals surface area (Å²) in [6.07, 6.45) is 3.23. The van der Waals surface area contributed by atoms with E-state index in [2.05, 4.69) is 22.0 Å². The molecule has 2 aromatic rings. The van der Waals surface area contributed by atoms with Gasteiger partial charge in [-0.2, -0.15) is 0 Å². The van der Waals surface area contributed by atoms with Crippen LogP contribution in [0.15, 0.2) is 28.7 Å². The molecule has 2 N–H and O–H groups in total. The quantitative estimate of drug-likeness (QED) is 0.362. The van der Waals surface area contributed by atoms with Crippen molar-refractivity contribution in [2.24, 2.45) is 0 Å². The third kappa shape index (κ3) is 6.85. The fourth-order valence-electron chi connectivity index (χ4n) is 3.63. The van der Waals surface area contributed by atoms with Crippen molar-refractivity contribution in [3.63, 3.8) is 0 Å². The minimum absolute atomic E-state index is 0.0187. The third-order valence-corrected chi connectivity index (χ3v) is 12.6. The Kier molecular flexibility index (Phi) is 9.63.